The van der Waals surface area contributed by atoms with Crippen molar-refractivity contribution in [1.29, 1.82) is 0 Å². The molecule has 0 saturated heterocycles. The molecule has 0 aliphatic carbocycles. The van der Waals surface area contributed by atoms with Crippen LogP contribution in [0.4, 0.5) is 5.69 Å². The standard InChI is InChI=1S/C30H31N3O2/c1-18(2)21-14-16-22(17-15-21)31-29(34)20(4)33-28(23-10-6-7-11-24(23)30(33)35)27-19(3)32(5)26-13-9-8-12-25(26)27/h6-18,20,28H,1-5H3,(H,31,34). The molecule has 5 nitrogen and oxygen atoms in total. The number of hydrogen-bond acceptors (Lipinski definition) is 2. The van der Waals surface area contributed by atoms with Crippen molar-refractivity contribution in [3.8, 4) is 0 Å². The van der Waals surface area contributed by atoms with Crippen LogP contribution < -0.4 is 5.32 Å². The lowest BCUT2D eigenvalue weighted by Gasteiger charge is -2.31. The van der Waals surface area contributed by atoms with Crippen molar-refractivity contribution >= 4 is 28.4 Å². The molecule has 35 heavy (non-hydrogen) atoms. The van der Waals surface area contributed by atoms with Gasteiger partial charge in [0.2, 0.25) is 5.91 Å². The van der Waals surface area contributed by atoms with Crippen LogP contribution in [-0.4, -0.2) is 27.3 Å². The Hall–Kier alpha value is -3.86. The first kappa shape index (κ1) is 22.9. The maximum Gasteiger partial charge on any atom is 0.255 e. The van der Waals surface area contributed by atoms with E-state index in [1.165, 1.54) is 5.56 Å². The molecule has 0 fully saturated rings. The van der Waals surface area contributed by atoms with Gasteiger partial charge in [-0.15, -0.1) is 0 Å². The van der Waals surface area contributed by atoms with Crippen molar-refractivity contribution in [3.05, 3.63) is 101 Å². The molecule has 2 unspecified atom stereocenters. The van der Waals surface area contributed by atoms with Gasteiger partial charge < -0.3 is 14.8 Å². The number of nitrogens with one attached hydrogen (secondary N) is 1. The van der Waals surface area contributed by atoms with Crippen molar-refractivity contribution in [3.63, 3.8) is 0 Å². The molecule has 1 aliphatic heterocycles. The van der Waals surface area contributed by atoms with E-state index in [9.17, 15) is 9.59 Å². The lowest BCUT2D eigenvalue weighted by Crippen LogP contribution is -2.44. The first-order valence-corrected chi connectivity index (χ1v) is 12.2. The Balaban J connectivity index is 1.55. The molecule has 178 valence electrons. The van der Waals surface area contributed by atoms with E-state index in [-0.39, 0.29) is 17.9 Å². The van der Waals surface area contributed by atoms with Gasteiger partial charge in [-0.1, -0.05) is 62.4 Å². The van der Waals surface area contributed by atoms with E-state index < -0.39 is 6.04 Å². The first-order chi connectivity index (χ1) is 16.8. The fourth-order valence-corrected chi connectivity index (χ4v) is 5.25. The molecule has 2 atom stereocenters. The molecule has 2 heterocycles. The zero-order valence-electron chi connectivity index (χ0n) is 20.9. The zero-order valence-corrected chi connectivity index (χ0v) is 20.9. The fourth-order valence-electron chi connectivity index (χ4n) is 5.25. The van der Waals surface area contributed by atoms with Crippen LogP contribution in [0.2, 0.25) is 0 Å². The Bertz CT molecular complexity index is 1430. The Labute approximate surface area is 206 Å². The Morgan fingerprint density at radius 1 is 0.914 bits per heavy atom. The highest BCUT2D eigenvalue weighted by molar-refractivity contribution is 6.05. The van der Waals surface area contributed by atoms with Gasteiger partial charge in [0, 0.05) is 40.5 Å². The average molecular weight is 466 g/mol. The molecule has 4 aromatic rings. The summed E-state index contributed by atoms with van der Waals surface area (Å²) in [6.07, 6.45) is 0. The third kappa shape index (κ3) is 3.72. The summed E-state index contributed by atoms with van der Waals surface area (Å²) in [4.78, 5) is 28.9. The fraction of sp³-hybridized carbons (Fsp3) is 0.267. The first-order valence-electron chi connectivity index (χ1n) is 12.2. The van der Waals surface area contributed by atoms with E-state index in [0.29, 0.717) is 11.5 Å². The summed E-state index contributed by atoms with van der Waals surface area (Å²) in [5, 5.41) is 4.12. The molecule has 2 amide bonds. The third-order valence-corrected chi connectivity index (χ3v) is 7.36. The van der Waals surface area contributed by atoms with Crippen LogP contribution in [0, 0.1) is 6.92 Å². The molecule has 0 radical (unpaired) electrons. The zero-order chi connectivity index (χ0) is 24.9. The summed E-state index contributed by atoms with van der Waals surface area (Å²) >= 11 is 0. The average Bonchev–Trinajstić information content (AvgIpc) is 3.29. The summed E-state index contributed by atoms with van der Waals surface area (Å²) in [5.74, 6) is 0.103. The molecule has 3 aromatic carbocycles. The summed E-state index contributed by atoms with van der Waals surface area (Å²) < 4.78 is 2.16. The number of anilines is 1. The van der Waals surface area contributed by atoms with Crippen molar-refractivity contribution < 1.29 is 9.59 Å². The van der Waals surface area contributed by atoms with Gasteiger partial charge in [0.1, 0.15) is 6.04 Å². The number of rotatable bonds is 5. The SMILES string of the molecule is Cc1c(C2c3ccccc3C(=O)N2C(C)C(=O)Nc2ccc(C(C)C)cc2)c2ccccc2n1C. The van der Waals surface area contributed by atoms with Gasteiger partial charge in [-0.25, -0.2) is 0 Å². The van der Waals surface area contributed by atoms with Crippen molar-refractivity contribution in [2.45, 2.75) is 45.7 Å². The van der Waals surface area contributed by atoms with E-state index in [1.54, 1.807) is 4.90 Å². The van der Waals surface area contributed by atoms with Gasteiger partial charge in [0.15, 0.2) is 0 Å². The highest BCUT2D eigenvalue weighted by atomic mass is 16.2. The van der Waals surface area contributed by atoms with Gasteiger partial charge in [-0.05, 0) is 55.2 Å². The van der Waals surface area contributed by atoms with Crippen LogP contribution in [0.15, 0.2) is 72.8 Å². The molecule has 0 spiro atoms. The van der Waals surface area contributed by atoms with Gasteiger partial charge in [-0.3, -0.25) is 9.59 Å². The number of hydrogen-bond donors (Lipinski definition) is 1. The molecule has 1 N–H and O–H groups in total. The predicted octanol–water partition coefficient (Wildman–Crippen LogP) is 6.18. The van der Waals surface area contributed by atoms with Crippen molar-refractivity contribution in [2.24, 2.45) is 7.05 Å². The van der Waals surface area contributed by atoms with Gasteiger partial charge in [0.05, 0.1) is 6.04 Å². The predicted molar refractivity (Wildman–Crippen MR) is 141 cm³/mol. The maximum atomic E-state index is 13.7. The molecule has 5 rings (SSSR count). The summed E-state index contributed by atoms with van der Waals surface area (Å²) in [5.41, 5.74) is 6.81. The molecule has 1 aliphatic rings. The van der Waals surface area contributed by atoms with Crippen LogP contribution in [-0.2, 0) is 11.8 Å². The van der Waals surface area contributed by atoms with E-state index >= 15 is 0 Å². The minimum atomic E-state index is -0.664. The Morgan fingerprint density at radius 2 is 1.57 bits per heavy atom. The highest BCUT2D eigenvalue weighted by Crippen LogP contribution is 2.44. The second-order valence-electron chi connectivity index (χ2n) is 9.72. The van der Waals surface area contributed by atoms with Crippen LogP contribution in [0.5, 0.6) is 0 Å². The van der Waals surface area contributed by atoms with Crippen molar-refractivity contribution in [2.75, 3.05) is 5.32 Å². The lowest BCUT2D eigenvalue weighted by atomic mass is 9.95. The number of aromatic nitrogens is 1. The number of aryl methyl sites for hydroxylation is 1. The monoisotopic (exact) mass is 465 g/mol. The van der Waals surface area contributed by atoms with E-state index in [1.807, 2.05) is 74.6 Å². The number of amides is 2. The largest absolute Gasteiger partial charge is 0.348 e. The Kier molecular flexibility index (Phi) is 5.72. The topological polar surface area (TPSA) is 54.3 Å². The quantitative estimate of drug-likeness (QED) is 0.382. The second kappa shape index (κ2) is 8.73. The number of carbonyl (C=O) groups is 2. The lowest BCUT2D eigenvalue weighted by molar-refractivity contribution is -0.120. The van der Waals surface area contributed by atoms with Gasteiger partial charge in [-0.2, -0.15) is 0 Å². The highest BCUT2D eigenvalue weighted by Gasteiger charge is 2.43. The number of benzene rings is 3. The number of fused-ring (bicyclic) bond motifs is 2. The number of para-hydroxylation sites is 1. The summed E-state index contributed by atoms with van der Waals surface area (Å²) in [7, 11) is 2.05. The molecule has 1 aromatic heterocycles. The van der Waals surface area contributed by atoms with Crippen LogP contribution >= 0.6 is 0 Å². The van der Waals surface area contributed by atoms with Gasteiger partial charge >= 0.3 is 0 Å². The van der Waals surface area contributed by atoms with Gasteiger partial charge in [0.25, 0.3) is 5.91 Å². The molecule has 0 saturated carbocycles. The minimum absolute atomic E-state index is 0.115. The summed E-state index contributed by atoms with van der Waals surface area (Å²) in [6.45, 7) is 8.18. The number of carbonyl (C=O) groups excluding carboxylic acids is 2. The van der Waals surface area contributed by atoms with Crippen LogP contribution in [0.25, 0.3) is 10.9 Å². The Morgan fingerprint density at radius 3 is 2.29 bits per heavy atom. The molecular weight excluding hydrogens is 434 g/mol. The van der Waals surface area contributed by atoms with E-state index in [0.717, 1.165) is 33.4 Å². The normalized spacial score (nSPS) is 16.1. The van der Waals surface area contributed by atoms with E-state index in [2.05, 4.69) is 42.8 Å². The third-order valence-electron chi connectivity index (χ3n) is 7.36. The maximum absolute atomic E-state index is 13.7. The number of nitrogens with zero attached hydrogens (tertiary/aromatic N) is 2. The second-order valence-corrected chi connectivity index (χ2v) is 9.72. The smallest absolute Gasteiger partial charge is 0.255 e. The molecule has 5 heteroatoms. The molecular formula is C30H31N3O2. The van der Waals surface area contributed by atoms with Crippen LogP contribution in [0.3, 0.4) is 0 Å². The van der Waals surface area contributed by atoms with Crippen molar-refractivity contribution in [1.82, 2.24) is 9.47 Å². The van der Waals surface area contributed by atoms with E-state index in [4.69, 9.17) is 0 Å². The minimum Gasteiger partial charge on any atom is -0.348 e. The van der Waals surface area contributed by atoms with Crippen LogP contribution in [0.1, 0.15) is 65.5 Å². The molecule has 0 bridgehead atoms. The summed E-state index contributed by atoms with van der Waals surface area (Å²) in [6, 6.07) is 22.9.